The van der Waals surface area contributed by atoms with Crippen molar-refractivity contribution in [2.45, 2.75) is 71.5 Å². The minimum Gasteiger partial charge on any atom is -0.481 e. The zero-order valence-electron chi connectivity index (χ0n) is 13.1. The molecule has 20 heavy (non-hydrogen) atoms. The first-order chi connectivity index (χ1) is 9.32. The Kier molecular flexibility index (Phi) is 6.46. The number of carboxylic acid groups (broad SMARTS) is 1. The van der Waals surface area contributed by atoms with E-state index < -0.39 is 5.97 Å². The van der Waals surface area contributed by atoms with Crippen LogP contribution in [0.15, 0.2) is 0 Å². The molecule has 0 aromatic rings. The molecular weight excluding hydrogens is 256 g/mol. The highest BCUT2D eigenvalue weighted by atomic mass is 16.4. The smallest absolute Gasteiger partial charge is 0.304 e. The van der Waals surface area contributed by atoms with Crippen LogP contribution in [-0.4, -0.2) is 58.0 Å². The molecule has 0 aliphatic carbocycles. The third-order valence-electron chi connectivity index (χ3n) is 4.16. The maximum Gasteiger partial charge on any atom is 0.304 e. The van der Waals surface area contributed by atoms with Crippen LogP contribution in [0.3, 0.4) is 0 Å². The van der Waals surface area contributed by atoms with Gasteiger partial charge in [-0.1, -0.05) is 0 Å². The SMILES string of the molecule is CC(C)N(CCC(=O)O)CC(=O)N1C(C)CCCC1C. The Bertz CT molecular complexity index is 334. The van der Waals surface area contributed by atoms with Crippen LogP contribution in [-0.2, 0) is 9.59 Å². The molecule has 0 radical (unpaired) electrons. The molecule has 0 aromatic carbocycles. The van der Waals surface area contributed by atoms with Crippen LogP contribution in [0.5, 0.6) is 0 Å². The van der Waals surface area contributed by atoms with Crippen molar-refractivity contribution in [2.75, 3.05) is 13.1 Å². The second-order valence-corrected chi connectivity index (χ2v) is 6.14. The first-order valence-corrected chi connectivity index (χ1v) is 7.60. The van der Waals surface area contributed by atoms with Crippen LogP contribution >= 0.6 is 0 Å². The van der Waals surface area contributed by atoms with Crippen LogP contribution in [0.25, 0.3) is 0 Å². The molecule has 1 saturated heterocycles. The third-order valence-corrected chi connectivity index (χ3v) is 4.16. The molecule has 2 unspecified atom stereocenters. The number of rotatable bonds is 6. The van der Waals surface area contributed by atoms with Crippen molar-refractivity contribution in [3.8, 4) is 0 Å². The Morgan fingerprint density at radius 3 is 2.25 bits per heavy atom. The van der Waals surface area contributed by atoms with E-state index in [1.807, 2.05) is 23.6 Å². The number of carbonyl (C=O) groups is 2. The number of amides is 1. The van der Waals surface area contributed by atoms with Gasteiger partial charge in [0.2, 0.25) is 5.91 Å². The zero-order valence-corrected chi connectivity index (χ0v) is 13.1. The fourth-order valence-electron chi connectivity index (χ4n) is 2.93. The summed E-state index contributed by atoms with van der Waals surface area (Å²) in [6.07, 6.45) is 3.38. The summed E-state index contributed by atoms with van der Waals surface area (Å²) in [5.74, 6) is -0.688. The van der Waals surface area contributed by atoms with Gasteiger partial charge in [-0.2, -0.15) is 0 Å². The number of carboxylic acids is 1. The topological polar surface area (TPSA) is 60.9 Å². The molecular formula is C15H28N2O3. The van der Waals surface area contributed by atoms with Crippen molar-refractivity contribution in [3.63, 3.8) is 0 Å². The molecule has 0 bridgehead atoms. The fourth-order valence-corrected chi connectivity index (χ4v) is 2.93. The summed E-state index contributed by atoms with van der Waals surface area (Å²) in [6, 6.07) is 0.758. The Morgan fingerprint density at radius 1 is 1.25 bits per heavy atom. The van der Waals surface area contributed by atoms with Crippen molar-refractivity contribution in [2.24, 2.45) is 0 Å². The predicted octanol–water partition coefficient (Wildman–Crippen LogP) is 1.96. The molecule has 5 nitrogen and oxygen atoms in total. The molecule has 5 heteroatoms. The van der Waals surface area contributed by atoms with Gasteiger partial charge in [0.25, 0.3) is 0 Å². The van der Waals surface area contributed by atoms with E-state index in [0.29, 0.717) is 25.2 Å². The van der Waals surface area contributed by atoms with Gasteiger partial charge in [0.05, 0.1) is 13.0 Å². The Balaban J connectivity index is 2.62. The van der Waals surface area contributed by atoms with Gasteiger partial charge in [0.1, 0.15) is 0 Å². The fraction of sp³-hybridized carbons (Fsp3) is 0.867. The minimum absolute atomic E-state index is 0.0799. The van der Waals surface area contributed by atoms with Gasteiger partial charge in [-0.05, 0) is 47.0 Å². The normalized spacial score (nSPS) is 23.4. The van der Waals surface area contributed by atoms with E-state index in [1.54, 1.807) is 0 Å². The number of piperidine rings is 1. The second kappa shape index (κ2) is 7.62. The molecule has 0 saturated carbocycles. The molecule has 1 aliphatic rings. The van der Waals surface area contributed by atoms with Crippen molar-refractivity contribution < 1.29 is 14.7 Å². The molecule has 1 heterocycles. The molecule has 0 aromatic heterocycles. The summed E-state index contributed by atoms with van der Waals surface area (Å²) in [7, 11) is 0. The lowest BCUT2D eigenvalue weighted by atomic mass is 9.97. The molecule has 0 spiro atoms. The van der Waals surface area contributed by atoms with E-state index in [4.69, 9.17) is 5.11 Å². The van der Waals surface area contributed by atoms with Crippen LogP contribution in [0.1, 0.15) is 53.4 Å². The first kappa shape index (κ1) is 17.0. The number of aliphatic carboxylic acids is 1. The van der Waals surface area contributed by atoms with Gasteiger partial charge >= 0.3 is 5.97 Å². The average molecular weight is 284 g/mol. The highest BCUT2D eigenvalue weighted by Gasteiger charge is 2.30. The van der Waals surface area contributed by atoms with E-state index in [0.717, 1.165) is 12.8 Å². The summed E-state index contributed by atoms with van der Waals surface area (Å²) in [5.41, 5.74) is 0. The van der Waals surface area contributed by atoms with Gasteiger partial charge in [-0.3, -0.25) is 14.5 Å². The Hall–Kier alpha value is -1.10. The molecule has 1 N–H and O–H groups in total. The summed E-state index contributed by atoms with van der Waals surface area (Å²) < 4.78 is 0. The summed E-state index contributed by atoms with van der Waals surface area (Å²) in [4.78, 5) is 27.1. The van der Waals surface area contributed by atoms with Gasteiger partial charge < -0.3 is 10.0 Å². The van der Waals surface area contributed by atoms with Crippen LogP contribution < -0.4 is 0 Å². The van der Waals surface area contributed by atoms with Crippen molar-refractivity contribution in [1.82, 2.24) is 9.80 Å². The van der Waals surface area contributed by atoms with E-state index >= 15 is 0 Å². The lowest BCUT2D eigenvalue weighted by molar-refractivity contribution is -0.141. The quantitative estimate of drug-likeness (QED) is 0.810. The number of carbonyl (C=O) groups excluding carboxylic acids is 1. The highest BCUT2D eigenvalue weighted by molar-refractivity contribution is 5.79. The average Bonchev–Trinajstić information content (AvgIpc) is 2.33. The number of hydrogen-bond acceptors (Lipinski definition) is 3. The van der Waals surface area contributed by atoms with Crippen molar-refractivity contribution in [1.29, 1.82) is 0 Å². The summed E-state index contributed by atoms with van der Waals surface area (Å²) in [6.45, 7) is 8.94. The van der Waals surface area contributed by atoms with Crippen LogP contribution in [0.4, 0.5) is 0 Å². The van der Waals surface area contributed by atoms with Gasteiger partial charge in [-0.25, -0.2) is 0 Å². The lowest BCUT2D eigenvalue weighted by Gasteiger charge is -2.40. The van der Waals surface area contributed by atoms with Gasteiger partial charge in [-0.15, -0.1) is 0 Å². The number of nitrogens with zero attached hydrogens (tertiary/aromatic N) is 2. The molecule has 2 atom stereocenters. The van der Waals surface area contributed by atoms with E-state index in [9.17, 15) is 9.59 Å². The van der Waals surface area contributed by atoms with Gasteiger partial charge in [0.15, 0.2) is 0 Å². The van der Waals surface area contributed by atoms with Crippen molar-refractivity contribution >= 4 is 11.9 Å². The second-order valence-electron chi connectivity index (χ2n) is 6.14. The van der Waals surface area contributed by atoms with E-state index in [-0.39, 0.29) is 18.4 Å². The maximum absolute atomic E-state index is 12.5. The number of hydrogen-bond donors (Lipinski definition) is 1. The van der Waals surface area contributed by atoms with Crippen molar-refractivity contribution in [3.05, 3.63) is 0 Å². The standard InChI is InChI=1S/C15H28N2O3/c1-11(2)16(9-8-15(19)20)10-14(18)17-12(3)6-5-7-13(17)4/h11-13H,5-10H2,1-4H3,(H,19,20). The minimum atomic E-state index is -0.817. The first-order valence-electron chi connectivity index (χ1n) is 7.60. The predicted molar refractivity (Wildman–Crippen MR) is 78.6 cm³/mol. The van der Waals surface area contributed by atoms with E-state index in [2.05, 4.69) is 13.8 Å². The summed E-state index contributed by atoms with van der Waals surface area (Å²) >= 11 is 0. The van der Waals surface area contributed by atoms with Crippen LogP contribution in [0.2, 0.25) is 0 Å². The lowest BCUT2D eigenvalue weighted by Crippen LogP contribution is -2.52. The summed E-state index contributed by atoms with van der Waals surface area (Å²) in [5, 5.41) is 8.79. The third kappa shape index (κ3) is 4.78. The highest BCUT2D eigenvalue weighted by Crippen LogP contribution is 2.22. The molecule has 1 amide bonds. The Morgan fingerprint density at radius 2 is 1.80 bits per heavy atom. The van der Waals surface area contributed by atoms with Gasteiger partial charge in [0, 0.05) is 24.7 Å². The maximum atomic E-state index is 12.5. The Labute approximate surface area is 121 Å². The van der Waals surface area contributed by atoms with Crippen LogP contribution in [0, 0.1) is 0 Å². The zero-order chi connectivity index (χ0) is 15.3. The molecule has 1 fully saturated rings. The largest absolute Gasteiger partial charge is 0.481 e. The molecule has 1 rings (SSSR count). The number of likely N-dealkylation sites (tertiary alicyclic amines) is 1. The monoisotopic (exact) mass is 284 g/mol. The van der Waals surface area contributed by atoms with E-state index in [1.165, 1.54) is 6.42 Å². The molecule has 1 aliphatic heterocycles. The molecule has 116 valence electrons.